The maximum Gasteiger partial charge on any atom is 0.249 e. The number of aryl methyl sites for hydroxylation is 1. The van der Waals surface area contributed by atoms with Crippen molar-refractivity contribution in [2.24, 2.45) is 5.92 Å². The molecule has 3 heterocycles. The molecular formula is C20H28N4O2. The molecule has 0 bridgehead atoms. The molecule has 1 aliphatic carbocycles. The number of nitrogens with zero attached hydrogens (tertiary/aromatic N) is 3. The van der Waals surface area contributed by atoms with Crippen LogP contribution < -0.4 is 5.32 Å². The van der Waals surface area contributed by atoms with Crippen molar-refractivity contribution in [3.63, 3.8) is 0 Å². The smallest absolute Gasteiger partial charge is 0.249 e. The third-order valence-corrected chi connectivity index (χ3v) is 5.93. The molecule has 1 aromatic rings. The molecule has 2 saturated heterocycles. The number of nitrogens with one attached hydrogen (secondary N) is 1. The van der Waals surface area contributed by atoms with Gasteiger partial charge in [0.15, 0.2) is 0 Å². The largest absolute Gasteiger partial charge is 0.371 e. The molecule has 6 heteroatoms. The van der Waals surface area contributed by atoms with E-state index in [0.717, 1.165) is 69.5 Å². The van der Waals surface area contributed by atoms with E-state index in [-0.39, 0.29) is 11.5 Å². The van der Waals surface area contributed by atoms with Gasteiger partial charge in [-0.2, -0.15) is 0 Å². The van der Waals surface area contributed by atoms with Gasteiger partial charge in [-0.1, -0.05) is 6.08 Å². The fourth-order valence-corrected chi connectivity index (χ4v) is 4.36. The van der Waals surface area contributed by atoms with Gasteiger partial charge in [0.25, 0.3) is 0 Å². The Bertz CT molecular complexity index is 680. The SMILES string of the molecule is Cc1cnc(NCCC2CCOC23CN(C(=O)C2=CCCCC2)C3)nc1. The molecule has 1 atom stereocenters. The number of hydrogen-bond acceptors (Lipinski definition) is 5. The van der Waals surface area contributed by atoms with Crippen molar-refractivity contribution in [2.75, 3.05) is 31.6 Å². The number of ether oxygens (including phenoxy) is 1. The minimum absolute atomic E-state index is 0.124. The first kappa shape index (κ1) is 17.5. The molecule has 140 valence electrons. The van der Waals surface area contributed by atoms with Crippen LogP contribution in [0, 0.1) is 12.8 Å². The average molecular weight is 356 g/mol. The van der Waals surface area contributed by atoms with Gasteiger partial charge >= 0.3 is 0 Å². The third kappa shape index (κ3) is 3.47. The summed E-state index contributed by atoms with van der Waals surface area (Å²) in [4.78, 5) is 23.2. The second-order valence-electron chi connectivity index (χ2n) is 7.83. The predicted molar refractivity (Wildman–Crippen MR) is 99.8 cm³/mol. The molecule has 0 aromatic carbocycles. The van der Waals surface area contributed by atoms with E-state index in [1.807, 2.05) is 24.2 Å². The monoisotopic (exact) mass is 356 g/mol. The number of allylic oxidation sites excluding steroid dienone is 1. The maximum atomic E-state index is 12.6. The Morgan fingerprint density at radius 2 is 2.15 bits per heavy atom. The van der Waals surface area contributed by atoms with Crippen LogP contribution in [-0.4, -0.2) is 52.6 Å². The molecule has 0 radical (unpaired) electrons. The van der Waals surface area contributed by atoms with Gasteiger partial charge in [-0.05, 0) is 56.9 Å². The molecule has 1 N–H and O–H groups in total. The number of rotatable bonds is 5. The number of aromatic nitrogens is 2. The molecular weight excluding hydrogens is 328 g/mol. The van der Waals surface area contributed by atoms with Gasteiger partial charge in [0.2, 0.25) is 11.9 Å². The Morgan fingerprint density at radius 3 is 2.88 bits per heavy atom. The van der Waals surface area contributed by atoms with Crippen LogP contribution >= 0.6 is 0 Å². The predicted octanol–water partition coefficient (Wildman–Crippen LogP) is 2.70. The molecule has 2 aliphatic heterocycles. The highest BCUT2D eigenvalue weighted by Gasteiger charge is 2.54. The van der Waals surface area contributed by atoms with Gasteiger partial charge in [-0.25, -0.2) is 9.97 Å². The Kier molecular flexibility index (Phi) is 4.94. The van der Waals surface area contributed by atoms with Crippen LogP contribution in [0.5, 0.6) is 0 Å². The number of hydrogen-bond donors (Lipinski definition) is 1. The second-order valence-corrected chi connectivity index (χ2v) is 7.83. The van der Waals surface area contributed by atoms with Crippen LogP contribution in [-0.2, 0) is 9.53 Å². The summed E-state index contributed by atoms with van der Waals surface area (Å²) in [6.07, 6.45) is 12.2. The van der Waals surface area contributed by atoms with E-state index in [4.69, 9.17) is 4.74 Å². The van der Waals surface area contributed by atoms with Gasteiger partial charge in [0.1, 0.15) is 5.60 Å². The van der Waals surface area contributed by atoms with Gasteiger partial charge in [-0.3, -0.25) is 4.79 Å². The molecule has 6 nitrogen and oxygen atoms in total. The van der Waals surface area contributed by atoms with Crippen LogP contribution in [0.15, 0.2) is 24.0 Å². The minimum atomic E-state index is -0.124. The van der Waals surface area contributed by atoms with Crippen molar-refractivity contribution in [2.45, 2.75) is 51.0 Å². The first-order chi connectivity index (χ1) is 12.7. The van der Waals surface area contributed by atoms with Crippen molar-refractivity contribution < 1.29 is 9.53 Å². The molecule has 3 aliphatic rings. The highest BCUT2D eigenvalue weighted by Crippen LogP contribution is 2.42. The lowest BCUT2D eigenvalue weighted by atomic mass is 9.78. The molecule has 1 spiro atoms. The number of anilines is 1. The molecule has 4 rings (SSSR count). The summed E-state index contributed by atoms with van der Waals surface area (Å²) in [5.41, 5.74) is 1.95. The number of carbonyl (C=O) groups is 1. The molecule has 1 aromatic heterocycles. The Morgan fingerprint density at radius 1 is 1.35 bits per heavy atom. The fraction of sp³-hybridized carbons (Fsp3) is 0.650. The van der Waals surface area contributed by atoms with Crippen molar-refractivity contribution in [1.82, 2.24) is 14.9 Å². The van der Waals surface area contributed by atoms with Crippen LogP contribution in [0.2, 0.25) is 0 Å². The molecule has 26 heavy (non-hydrogen) atoms. The number of likely N-dealkylation sites (tertiary alicyclic amines) is 1. The van der Waals surface area contributed by atoms with Crippen LogP contribution in [0.1, 0.15) is 44.1 Å². The zero-order valence-corrected chi connectivity index (χ0v) is 15.5. The average Bonchev–Trinajstić information content (AvgIpc) is 3.06. The minimum Gasteiger partial charge on any atom is -0.371 e. The number of amides is 1. The van der Waals surface area contributed by atoms with Gasteiger partial charge in [-0.15, -0.1) is 0 Å². The Balaban J connectivity index is 1.28. The van der Waals surface area contributed by atoms with E-state index in [9.17, 15) is 4.79 Å². The zero-order chi connectivity index (χ0) is 18.0. The summed E-state index contributed by atoms with van der Waals surface area (Å²) in [7, 11) is 0. The molecule has 1 unspecified atom stereocenters. The standard InChI is InChI=1S/C20H28N4O2/c1-15-11-22-19(23-12-15)21-9-7-17-8-10-26-20(17)13-24(14-20)18(25)16-5-3-2-4-6-16/h5,11-12,17H,2-4,6-10,13-14H2,1H3,(H,21,22,23). The highest BCUT2D eigenvalue weighted by molar-refractivity contribution is 5.94. The van der Waals surface area contributed by atoms with Crippen molar-refractivity contribution in [1.29, 1.82) is 0 Å². The van der Waals surface area contributed by atoms with Gasteiger partial charge in [0, 0.05) is 31.1 Å². The van der Waals surface area contributed by atoms with Crippen LogP contribution in [0.4, 0.5) is 5.95 Å². The van der Waals surface area contributed by atoms with Gasteiger partial charge < -0.3 is 15.0 Å². The molecule has 1 amide bonds. The van der Waals surface area contributed by atoms with E-state index >= 15 is 0 Å². The van der Waals surface area contributed by atoms with Crippen molar-refractivity contribution in [3.05, 3.63) is 29.6 Å². The summed E-state index contributed by atoms with van der Waals surface area (Å²) in [5, 5.41) is 3.30. The normalized spacial score (nSPS) is 24.3. The van der Waals surface area contributed by atoms with E-state index in [1.54, 1.807) is 0 Å². The molecule has 2 fully saturated rings. The first-order valence-electron chi connectivity index (χ1n) is 9.81. The van der Waals surface area contributed by atoms with Crippen LogP contribution in [0.25, 0.3) is 0 Å². The highest BCUT2D eigenvalue weighted by atomic mass is 16.5. The third-order valence-electron chi connectivity index (χ3n) is 5.93. The molecule has 0 saturated carbocycles. The Hall–Kier alpha value is -1.95. The zero-order valence-electron chi connectivity index (χ0n) is 15.5. The quantitative estimate of drug-likeness (QED) is 0.879. The summed E-state index contributed by atoms with van der Waals surface area (Å²) in [6.45, 7) is 5.11. The summed E-state index contributed by atoms with van der Waals surface area (Å²) in [5.74, 6) is 1.40. The van der Waals surface area contributed by atoms with Crippen LogP contribution in [0.3, 0.4) is 0 Å². The van der Waals surface area contributed by atoms with E-state index in [2.05, 4.69) is 21.4 Å². The summed E-state index contributed by atoms with van der Waals surface area (Å²) >= 11 is 0. The maximum absolute atomic E-state index is 12.6. The fourth-order valence-electron chi connectivity index (χ4n) is 4.36. The Labute approximate surface area is 155 Å². The van der Waals surface area contributed by atoms with Gasteiger partial charge in [0.05, 0.1) is 13.1 Å². The topological polar surface area (TPSA) is 67.4 Å². The number of carbonyl (C=O) groups excluding carboxylic acids is 1. The lowest BCUT2D eigenvalue weighted by molar-refractivity contribution is -0.161. The van der Waals surface area contributed by atoms with E-state index in [0.29, 0.717) is 11.9 Å². The summed E-state index contributed by atoms with van der Waals surface area (Å²) in [6, 6.07) is 0. The van der Waals surface area contributed by atoms with Crippen molar-refractivity contribution >= 4 is 11.9 Å². The summed E-state index contributed by atoms with van der Waals surface area (Å²) < 4.78 is 6.10. The van der Waals surface area contributed by atoms with Crippen molar-refractivity contribution in [3.8, 4) is 0 Å². The first-order valence-corrected chi connectivity index (χ1v) is 9.81. The lowest BCUT2D eigenvalue weighted by Gasteiger charge is -2.50. The van der Waals surface area contributed by atoms with E-state index in [1.165, 1.54) is 6.42 Å². The lowest BCUT2D eigenvalue weighted by Crippen LogP contribution is -2.66. The van der Waals surface area contributed by atoms with E-state index < -0.39 is 0 Å². The second kappa shape index (κ2) is 7.35.